The number of likely N-dealkylation sites (tertiary alicyclic amines) is 1. The van der Waals surface area contributed by atoms with Gasteiger partial charge in [0.05, 0.1) is 0 Å². The van der Waals surface area contributed by atoms with Crippen LogP contribution in [0.15, 0.2) is 0 Å². The Kier molecular flexibility index (Phi) is 3.44. The van der Waals surface area contributed by atoms with E-state index in [4.69, 9.17) is 0 Å². The standard InChI is InChI=1S/C16H30N2/c1-16(2,3)17-11-14-5-4-8-18(14)15-10-12-6-7-13(15)9-12/h12-15,17H,4-11H2,1-3H3. The number of hydrogen-bond acceptors (Lipinski definition) is 2. The molecular weight excluding hydrogens is 220 g/mol. The highest BCUT2D eigenvalue weighted by Crippen LogP contribution is 2.47. The Hall–Kier alpha value is -0.0800. The SMILES string of the molecule is CC(C)(C)NCC1CCCN1C1CC2CCC1C2. The van der Waals surface area contributed by atoms with Crippen LogP contribution in [0.3, 0.4) is 0 Å². The number of nitrogens with zero attached hydrogens (tertiary/aromatic N) is 1. The van der Waals surface area contributed by atoms with Gasteiger partial charge in [-0.3, -0.25) is 4.90 Å². The predicted molar refractivity (Wildman–Crippen MR) is 76.7 cm³/mol. The Morgan fingerprint density at radius 3 is 2.56 bits per heavy atom. The molecule has 1 saturated heterocycles. The highest BCUT2D eigenvalue weighted by atomic mass is 15.2. The molecule has 2 nitrogen and oxygen atoms in total. The smallest absolute Gasteiger partial charge is 0.0224 e. The maximum absolute atomic E-state index is 3.72. The molecule has 0 amide bonds. The van der Waals surface area contributed by atoms with E-state index in [1.165, 1.54) is 45.2 Å². The Bertz CT molecular complexity index is 294. The molecule has 104 valence electrons. The van der Waals surface area contributed by atoms with Crippen LogP contribution in [-0.2, 0) is 0 Å². The fourth-order valence-corrected chi connectivity index (χ4v) is 4.56. The molecule has 4 atom stereocenters. The molecule has 1 aliphatic heterocycles. The zero-order chi connectivity index (χ0) is 12.8. The third-order valence-corrected chi connectivity index (χ3v) is 5.42. The summed E-state index contributed by atoms with van der Waals surface area (Å²) in [6, 6.07) is 1.76. The van der Waals surface area contributed by atoms with E-state index in [-0.39, 0.29) is 5.54 Å². The Morgan fingerprint density at radius 2 is 1.94 bits per heavy atom. The van der Waals surface area contributed by atoms with Crippen molar-refractivity contribution in [2.24, 2.45) is 11.8 Å². The second-order valence-corrected chi connectivity index (χ2v) is 7.91. The van der Waals surface area contributed by atoms with Gasteiger partial charge in [0.25, 0.3) is 0 Å². The van der Waals surface area contributed by atoms with Crippen LogP contribution in [0.1, 0.15) is 59.3 Å². The van der Waals surface area contributed by atoms with Crippen LogP contribution in [0.2, 0.25) is 0 Å². The first-order valence-electron chi connectivity index (χ1n) is 8.04. The summed E-state index contributed by atoms with van der Waals surface area (Å²) in [7, 11) is 0. The summed E-state index contributed by atoms with van der Waals surface area (Å²) < 4.78 is 0. The summed E-state index contributed by atoms with van der Waals surface area (Å²) in [6.45, 7) is 9.40. The van der Waals surface area contributed by atoms with Gasteiger partial charge < -0.3 is 5.32 Å². The van der Waals surface area contributed by atoms with E-state index < -0.39 is 0 Å². The van der Waals surface area contributed by atoms with Crippen LogP contribution in [-0.4, -0.2) is 35.6 Å². The summed E-state index contributed by atoms with van der Waals surface area (Å²) in [6.07, 6.45) is 8.93. The zero-order valence-corrected chi connectivity index (χ0v) is 12.4. The summed E-state index contributed by atoms with van der Waals surface area (Å²) >= 11 is 0. The maximum Gasteiger partial charge on any atom is 0.0224 e. The van der Waals surface area contributed by atoms with Gasteiger partial charge in [-0.25, -0.2) is 0 Å². The molecule has 0 aromatic heterocycles. The maximum atomic E-state index is 3.72. The minimum atomic E-state index is 0.267. The molecule has 0 spiro atoms. The van der Waals surface area contributed by atoms with Gasteiger partial charge >= 0.3 is 0 Å². The normalized spacial score (nSPS) is 40.8. The molecule has 2 bridgehead atoms. The fourth-order valence-electron chi connectivity index (χ4n) is 4.56. The summed E-state index contributed by atoms with van der Waals surface area (Å²) in [5.41, 5.74) is 0.267. The van der Waals surface area contributed by atoms with Gasteiger partial charge in [-0.2, -0.15) is 0 Å². The largest absolute Gasteiger partial charge is 0.311 e. The van der Waals surface area contributed by atoms with E-state index in [2.05, 4.69) is 31.0 Å². The molecule has 2 aliphatic carbocycles. The van der Waals surface area contributed by atoms with Gasteiger partial charge in [0.15, 0.2) is 0 Å². The van der Waals surface area contributed by atoms with Crippen LogP contribution in [0.5, 0.6) is 0 Å². The molecule has 0 aromatic rings. The van der Waals surface area contributed by atoms with Gasteiger partial charge in [-0.1, -0.05) is 6.42 Å². The van der Waals surface area contributed by atoms with Crippen molar-refractivity contribution >= 4 is 0 Å². The van der Waals surface area contributed by atoms with Crippen molar-refractivity contribution in [2.45, 2.75) is 76.9 Å². The van der Waals surface area contributed by atoms with E-state index in [9.17, 15) is 0 Å². The molecule has 1 heterocycles. The first-order chi connectivity index (χ1) is 8.53. The molecule has 3 fully saturated rings. The third kappa shape index (κ3) is 2.60. The van der Waals surface area contributed by atoms with E-state index in [0.29, 0.717) is 0 Å². The van der Waals surface area contributed by atoms with Gasteiger partial charge in [0.1, 0.15) is 0 Å². The summed E-state index contributed by atoms with van der Waals surface area (Å²) in [4.78, 5) is 2.88. The molecule has 2 saturated carbocycles. The van der Waals surface area contributed by atoms with Gasteiger partial charge in [-0.15, -0.1) is 0 Å². The second-order valence-electron chi connectivity index (χ2n) is 7.91. The lowest BCUT2D eigenvalue weighted by molar-refractivity contribution is 0.123. The second kappa shape index (κ2) is 4.79. The minimum absolute atomic E-state index is 0.267. The van der Waals surface area contributed by atoms with Crippen molar-refractivity contribution in [3.05, 3.63) is 0 Å². The van der Waals surface area contributed by atoms with E-state index in [1.807, 2.05) is 0 Å². The first kappa shape index (κ1) is 12.9. The van der Waals surface area contributed by atoms with Crippen LogP contribution in [0, 0.1) is 11.8 Å². The number of hydrogen-bond donors (Lipinski definition) is 1. The molecule has 3 rings (SSSR count). The van der Waals surface area contributed by atoms with Crippen molar-refractivity contribution in [3.63, 3.8) is 0 Å². The van der Waals surface area contributed by atoms with Crippen LogP contribution < -0.4 is 5.32 Å². The van der Waals surface area contributed by atoms with Gasteiger partial charge in [-0.05, 0) is 71.3 Å². The first-order valence-corrected chi connectivity index (χ1v) is 8.04. The van der Waals surface area contributed by atoms with Crippen molar-refractivity contribution in [2.75, 3.05) is 13.1 Å². The fraction of sp³-hybridized carbons (Fsp3) is 1.00. The summed E-state index contributed by atoms with van der Waals surface area (Å²) in [5.74, 6) is 2.13. The highest BCUT2D eigenvalue weighted by Gasteiger charge is 2.44. The van der Waals surface area contributed by atoms with Gasteiger partial charge in [0, 0.05) is 24.2 Å². The number of nitrogens with one attached hydrogen (secondary N) is 1. The van der Waals surface area contributed by atoms with E-state index in [1.54, 1.807) is 6.42 Å². The quantitative estimate of drug-likeness (QED) is 0.828. The van der Waals surface area contributed by atoms with Crippen LogP contribution in [0.4, 0.5) is 0 Å². The van der Waals surface area contributed by atoms with Crippen molar-refractivity contribution < 1.29 is 0 Å². The molecule has 18 heavy (non-hydrogen) atoms. The summed E-state index contributed by atoms with van der Waals surface area (Å²) in [5, 5.41) is 3.72. The molecule has 4 unspecified atom stereocenters. The highest BCUT2D eigenvalue weighted by molar-refractivity contribution is 4.99. The Balaban J connectivity index is 1.58. The van der Waals surface area contributed by atoms with Gasteiger partial charge in [0.2, 0.25) is 0 Å². The average Bonchev–Trinajstić information content (AvgIpc) is 3.00. The lowest BCUT2D eigenvalue weighted by Crippen LogP contribution is -2.49. The molecule has 0 radical (unpaired) electrons. The molecule has 2 heteroatoms. The third-order valence-electron chi connectivity index (χ3n) is 5.42. The predicted octanol–water partition coefficient (Wildman–Crippen LogP) is 3.03. The van der Waals surface area contributed by atoms with Crippen LogP contribution >= 0.6 is 0 Å². The van der Waals surface area contributed by atoms with E-state index in [0.717, 1.165) is 23.9 Å². The molecule has 0 aromatic carbocycles. The van der Waals surface area contributed by atoms with Crippen molar-refractivity contribution in [3.8, 4) is 0 Å². The molecule has 1 N–H and O–H groups in total. The monoisotopic (exact) mass is 250 g/mol. The number of rotatable bonds is 3. The van der Waals surface area contributed by atoms with Crippen LogP contribution in [0.25, 0.3) is 0 Å². The van der Waals surface area contributed by atoms with E-state index >= 15 is 0 Å². The number of fused-ring (bicyclic) bond motifs is 2. The Labute approximate surface area is 113 Å². The zero-order valence-electron chi connectivity index (χ0n) is 12.4. The minimum Gasteiger partial charge on any atom is -0.311 e. The molecule has 3 aliphatic rings. The Morgan fingerprint density at radius 1 is 1.11 bits per heavy atom. The average molecular weight is 250 g/mol. The van der Waals surface area contributed by atoms with Crippen molar-refractivity contribution in [1.82, 2.24) is 10.2 Å². The van der Waals surface area contributed by atoms with Crippen molar-refractivity contribution in [1.29, 1.82) is 0 Å². The lowest BCUT2D eigenvalue weighted by Gasteiger charge is -2.37. The molecular formula is C16H30N2. The topological polar surface area (TPSA) is 15.3 Å². The lowest BCUT2D eigenvalue weighted by atomic mass is 9.93.